The van der Waals surface area contributed by atoms with Gasteiger partial charge in [0.25, 0.3) is 0 Å². The molecule has 1 amide bonds. The molecular formula is C22H29ClN2O3S. The van der Waals surface area contributed by atoms with Crippen molar-refractivity contribution in [3.63, 3.8) is 0 Å². The maximum absolute atomic E-state index is 13.1. The lowest BCUT2D eigenvalue weighted by Gasteiger charge is -2.32. The zero-order valence-electron chi connectivity index (χ0n) is 17.8. The molecule has 5 nitrogen and oxygen atoms in total. The lowest BCUT2D eigenvalue weighted by atomic mass is 10.00. The SMILES string of the molecule is CC[C@H](C(=O)N[C@@H](C)c1ccc(C)cc1C)N(c1cc(Cl)ccc1C)S(C)(=O)=O. The van der Waals surface area contributed by atoms with E-state index in [0.717, 1.165) is 28.5 Å². The lowest BCUT2D eigenvalue weighted by Crippen LogP contribution is -2.50. The molecule has 0 radical (unpaired) electrons. The Morgan fingerprint density at radius 2 is 1.76 bits per heavy atom. The first-order chi connectivity index (χ1) is 13.5. The van der Waals surface area contributed by atoms with Crippen molar-refractivity contribution in [3.8, 4) is 0 Å². The average molecular weight is 437 g/mol. The molecule has 2 aromatic carbocycles. The fourth-order valence-corrected chi connectivity index (χ4v) is 4.98. The van der Waals surface area contributed by atoms with Gasteiger partial charge in [-0.2, -0.15) is 0 Å². The van der Waals surface area contributed by atoms with Gasteiger partial charge in [-0.15, -0.1) is 0 Å². The molecule has 7 heteroatoms. The van der Waals surface area contributed by atoms with Crippen LogP contribution in [0, 0.1) is 20.8 Å². The quantitative estimate of drug-likeness (QED) is 0.684. The number of benzene rings is 2. The molecule has 2 aromatic rings. The van der Waals surface area contributed by atoms with Gasteiger partial charge in [0, 0.05) is 5.02 Å². The van der Waals surface area contributed by atoms with E-state index in [4.69, 9.17) is 11.6 Å². The molecule has 0 saturated carbocycles. The van der Waals surface area contributed by atoms with Crippen LogP contribution in [0.4, 0.5) is 5.69 Å². The molecule has 0 saturated heterocycles. The van der Waals surface area contributed by atoms with Crippen molar-refractivity contribution in [3.05, 3.63) is 63.7 Å². The van der Waals surface area contributed by atoms with Crippen LogP contribution < -0.4 is 9.62 Å². The predicted molar refractivity (Wildman–Crippen MR) is 120 cm³/mol. The Hall–Kier alpha value is -2.05. The first-order valence-electron chi connectivity index (χ1n) is 9.58. The standard InChI is InChI=1S/C22H29ClN2O3S/c1-7-20(22(26)24-17(5)19-11-8-14(2)12-16(19)4)25(29(6,27)28)21-13-18(23)10-9-15(21)3/h8-13,17,20H,7H2,1-6H3,(H,24,26)/t17-,20+/m0/s1. The van der Waals surface area contributed by atoms with Crippen LogP contribution >= 0.6 is 11.6 Å². The monoisotopic (exact) mass is 436 g/mol. The summed E-state index contributed by atoms with van der Waals surface area (Å²) >= 11 is 6.11. The number of aryl methyl sites for hydroxylation is 3. The number of nitrogens with zero attached hydrogens (tertiary/aromatic N) is 1. The van der Waals surface area contributed by atoms with Gasteiger partial charge in [0.2, 0.25) is 15.9 Å². The van der Waals surface area contributed by atoms with Gasteiger partial charge >= 0.3 is 0 Å². The second-order valence-electron chi connectivity index (χ2n) is 7.50. The fourth-order valence-electron chi connectivity index (χ4n) is 3.55. The summed E-state index contributed by atoms with van der Waals surface area (Å²) in [6.45, 7) is 9.51. The van der Waals surface area contributed by atoms with E-state index in [9.17, 15) is 13.2 Å². The molecular weight excluding hydrogens is 408 g/mol. The number of carbonyl (C=O) groups excluding carboxylic acids is 1. The molecule has 2 atom stereocenters. The Kier molecular flexibility index (Phi) is 7.35. The average Bonchev–Trinajstić information content (AvgIpc) is 2.60. The third-order valence-electron chi connectivity index (χ3n) is 4.99. The predicted octanol–water partition coefficient (Wildman–Crippen LogP) is 4.69. The summed E-state index contributed by atoms with van der Waals surface area (Å²) in [5, 5.41) is 3.40. The van der Waals surface area contributed by atoms with Crippen LogP contribution in [0.1, 0.15) is 48.6 Å². The molecule has 0 aliphatic carbocycles. The molecule has 158 valence electrons. The summed E-state index contributed by atoms with van der Waals surface area (Å²) in [5.74, 6) is -0.343. The van der Waals surface area contributed by atoms with E-state index in [1.165, 1.54) is 4.31 Å². The number of hydrogen-bond donors (Lipinski definition) is 1. The largest absolute Gasteiger partial charge is 0.348 e. The summed E-state index contributed by atoms with van der Waals surface area (Å²) in [7, 11) is -3.71. The van der Waals surface area contributed by atoms with Crippen LogP contribution in [0.25, 0.3) is 0 Å². The first kappa shape index (κ1) is 23.2. The summed E-state index contributed by atoms with van der Waals surface area (Å²) in [6, 6.07) is 9.96. The Labute approximate surface area is 179 Å². The number of amides is 1. The molecule has 0 heterocycles. The Morgan fingerprint density at radius 1 is 1.10 bits per heavy atom. The minimum absolute atomic E-state index is 0.251. The van der Waals surface area contributed by atoms with Crippen LogP contribution in [0.2, 0.25) is 5.02 Å². The highest BCUT2D eigenvalue weighted by atomic mass is 35.5. The van der Waals surface area contributed by atoms with E-state index in [1.807, 2.05) is 32.9 Å². The van der Waals surface area contributed by atoms with Crippen molar-refractivity contribution in [2.45, 2.75) is 53.1 Å². The topological polar surface area (TPSA) is 66.5 Å². The number of anilines is 1. The molecule has 0 unspecified atom stereocenters. The summed E-state index contributed by atoms with van der Waals surface area (Å²) < 4.78 is 26.5. The van der Waals surface area contributed by atoms with Gasteiger partial charge in [0.05, 0.1) is 18.0 Å². The van der Waals surface area contributed by atoms with Gasteiger partial charge in [-0.05, 0) is 62.9 Å². The van der Waals surface area contributed by atoms with Crippen LogP contribution in [0.3, 0.4) is 0 Å². The van der Waals surface area contributed by atoms with E-state index in [1.54, 1.807) is 32.0 Å². The molecule has 2 rings (SSSR count). The molecule has 0 bridgehead atoms. The van der Waals surface area contributed by atoms with E-state index in [2.05, 4.69) is 11.4 Å². The molecule has 0 aromatic heterocycles. The van der Waals surface area contributed by atoms with Gasteiger partial charge in [0.1, 0.15) is 6.04 Å². The van der Waals surface area contributed by atoms with Crippen LogP contribution in [0.15, 0.2) is 36.4 Å². The maximum atomic E-state index is 13.1. The van der Waals surface area contributed by atoms with Crippen molar-refractivity contribution < 1.29 is 13.2 Å². The number of rotatable bonds is 7. The van der Waals surface area contributed by atoms with Crippen LogP contribution in [0.5, 0.6) is 0 Å². The van der Waals surface area contributed by atoms with E-state index in [0.29, 0.717) is 17.1 Å². The highest BCUT2D eigenvalue weighted by molar-refractivity contribution is 7.92. The first-order valence-corrected chi connectivity index (χ1v) is 11.8. The number of nitrogens with one attached hydrogen (secondary N) is 1. The Bertz CT molecular complexity index is 1010. The van der Waals surface area contributed by atoms with Gasteiger partial charge in [-0.1, -0.05) is 48.4 Å². The van der Waals surface area contributed by atoms with Crippen LogP contribution in [-0.2, 0) is 14.8 Å². The van der Waals surface area contributed by atoms with Gasteiger partial charge in [-0.3, -0.25) is 9.10 Å². The second-order valence-corrected chi connectivity index (χ2v) is 9.80. The number of halogens is 1. The van der Waals surface area contributed by atoms with E-state index >= 15 is 0 Å². The number of carbonyl (C=O) groups is 1. The lowest BCUT2D eigenvalue weighted by molar-refractivity contribution is -0.122. The summed E-state index contributed by atoms with van der Waals surface area (Å²) in [5.41, 5.74) is 4.38. The minimum Gasteiger partial charge on any atom is -0.348 e. The molecule has 29 heavy (non-hydrogen) atoms. The van der Waals surface area contributed by atoms with Gasteiger partial charge < -0.3 is 5.32 Å². The van der Waals surface area contributed by atoms with Crippen LogP contribution in [-0.4, -0.2) is 26.6 Å². The third kappa shape index (κ3) is 5.52. The molecule has 0 aliphatic heterocycles. The molecule has 1 N–H and O–H groups in total. The fraction of sp³-hybridized carbons (Fsp3) is 0.409. The highest BCUT2D eigenvalue weighted by Crippen LogP contribution is 2.29. The van der Waals surface area contributed by atoms with E-state index in [-0.39, 0.29) is 11.9 Å². The molecule has 0 spiro atoms. The number of sulfonamides is 1. The van der Waals surface area contributed by atoms with Gasteiger partial charge in [0.15, 0.2) is 0 Å². The van der Waals surface area contributed by atoms with Crippen molar-refractivity contribution in [2.24, 2.45) is 0 Å². The Morgan fingerprint density at radius 3 is 2.31 bits per heavy atom. The zero-order chi connectivity index (χ0) is 21.9. The van der Waals surface area contributed by atoms with Crippen molar-refractivity contribution in [1.29, 1.82) is 0 Å². The normalized spacial score (nSPS) is 13.6. The summed E-state index contributed by atoms with van der Waals surface area (Å²) in [4.78, 5) is 13.1. The van der Waals surface area contributed by atoms with Crippen molar-refractivity contribution >= 4 is 33.2 Å². The maximum Gasteiger partial charge on any atom is 0.244 e. The Balaban J connectivity index is 2.39. The highest BCUT2D eigenvalue weighted by Gasteiger charge is 2.33. The zero-order valence-corrected chi connectivity index (χ0v) is 19.4. The smallest absolute Gasteiger partial charge is 0.244 e. The van der Waals surface area contributed by atoms with Crippen molar-refractivity contribution in [2.75, 3.05) is 10.6 Å². The minimum atomic E-state index is -3.71. The second kappa shape index (κ2) is 9.18. The molecule has 0 aliphatic rings. The summed E-state index contributed by atoms with van der Waals surface area (Å²) in [6.07, 6.45) is 1.43. The molecule has 0 fully saturated rings. The van der Waals surface area contributed by atoms with E-state index < -0.39 is 16.1 Å². The van der Waals surface area contributed by atoms with Crippen molar-refractivity contribution in [1.82, 2.24) is 5.32 Å². The third-order valence-corrected chi connectivity index (χ3v) is 6.39. The van der Waals surface area contributed by atoms with Gasteiger partial charge in [-0.25, -0.2) is 8.42 Å². The number of hydrogen-bond acceptors (Lipinski definition) is 3.